The predicted octanol–water partition coefficient (Wildman–Crippen LogP) is 9.38. The first-order valence-corrected chi connectivity index (χ1v) is 13.9. The van der Waals surface area contributed by atoms with Gasteiger partial charge in [0.15, 0.2) is 0 Å². The minimum absolute atomic E-state index is 0.955. The van der Waals surface area contributed by atoms with Gasteiger partial charge in [-0.25, -0.2) is 0 Å². The van der Waals surface area contributed by atoms with Crippen LogP contribution in [0.2, 0.25) is 0 Å². The summed E-state index contributed by atoms with van der Waals surface area (Å²) in [6, 6.07) is 0. The summed E-state index contributed by atoms with van der Waals surface area (Å²) in [6.45, 7) is 14.6. The summed E-state index contributed by atoms with van der Waals surface area (Å²) in [5.41, 5.74) is 0. The zero-order valence-electron chi connectivity index (χ0n) is 21.0. The molecule has 4 aliphatic rings. The fraction of sp³-hybridized carbons (Fsp3) is 1.00. The molecule has 4 fully saturated rings. The van der Waals surface area contributed by atoms with E-state index in [0.29, 0.717) is 0 Å². The second kappa shape index (κ2) is 11.0. The number of hydrogen-bond acceptors (Lipinski definition) is 0. The van der Waals surface area contributed by atoms with Crippen LogP contribution in [0, 0.1) is 59.2 Å². The Labute approximate surface area is 184 Å². The van der Waals surface area contributed by atoms with Crippen molar-refractivity contribution in [3.63, 3.8) is 0 Å². The molecule has 0 N–H and O–H groups in total. The van der Waals surface area contributed by atoms with E-state index in [1.165, 1.54) is 38.5 Å². The van der Waals surface area contributed by atoms with Gasteiger partial charge in [0.2, 0.25) is 0 Å². The summed E-state index contributed by atoms with van der Waals surface area (Å²) >= 11 is 0. The van der Waals surface area contributed by atoms with E-state index in [-0.39, 0.29) is 0 Å². The van der Waals surface area contributed by atoms with Crippen LogP contribution in [0.15, 0.2) is 0 Å². The lowest BCUT2D eigenvalue weighted by Gasteiger charge is -2.47. The van der Waals surface area contributed by atoms with Crippen LogP contribution in [0.5, 0.6) is 0 Å². The summed E-state index contributed by atoms with van der Waals surface area (Å²) < 4.78 is 0. The molecule has 29 heavy (non-hydrogen) atoms. The van der Waals surface area contributed by atoms with Gasteiger partial charge in [0.25, 0.3) is 0 Å². The van der Waals surface area contributed by atoms with Crippen LogP contribution in [0.1, 0.15) is 125 Å². The van der Waals surface area contributed by atoms with E-state index in [1.54, 1.807) is 44.9 Å². The standard InChI is InChI=1S/C19H34.C10H20/c1-3-4-11-17-14(2)13-16-10-7-12-18(16)19(17)15-8-5-6-9-15;1-7-5-8(2)10(4)9(3)6-7/h14-19H,3-13H2,1-2H3;7-10H,5-6H2,1-4H3. The highest BCUT2D eigenvalue weighted by Crippen LogP contribution is 2.56. The lowest BCUT2D eigenvalue weighted by Crippen LogP contribution is -2.40. The maximum absolute atomic E-state index is 2.59. The molecule has 0 amide bonds. The van der Waals surface area contributed by atoms with Gasteiger partial charge in [-0.2, -0.15) is 0 Å². The average Bonchev–Trinajstić information content (AvgIpc) is 3.36. The first-order valence-electron chi connectivity index (χ1n) is 13.9. The second-order valence-corrected chi connectivity index (χ2v) is 12.4. The smallest absolute Gasteiger partial charge is 0.0324 e. The molecule has 0 spiro atoms. The van der Waals surface area contributed by atoms with Crippen molar-refractivity contribution in [3.8, 4) is 0 Å². The second-order valence-electron chi connectivity index (χ2n) is 12.4. The van der Waals surface area contributed by atoms with Crippen LogP contribution in [0.3, 0.4) is 0 Å². The van der Waals surface area contributed by atoms with Gasteiger partial charge >= 0.3 is 0 Å². The van der Waals surface area contributed by atoms with Crippen LogP contribution in [-0.2, 0) is 0 Å². The minimum Gasteiger partial charge on any atom is -0.0654 e. The first kappa shape index (κ1) is 23.7. The molecule has 0 heteroatoms. The highest BCUT2D eigenvalue weighted by atomic mass is 14.5. The molecule has 0 saturated heterocycles. The molecule has 0 bridgehead atoms. The van der Waals surface area contributed by atoms with Crippen molar-refractivity contribution in [2.75, 3.05) is 0 Å². The number of rotatable bonds is 4. The van der Waals surface area contributed by atoms with Crippen LogP contribution in [0.4, 0.5) is 0 Å². The van der Waals surface area contributed by atoms with Crippen LogP contribution < -0.4 is 0 Å². The van der Waals surface area contributed by atoms with Crippen molar-refractivity contribution in [1.82, 2.24) is 0 Å². The fourth-order valence-electron chi connectivity index (χ4n) is 8.53. The topological polar surface area (TPSA) is 0 Å². The maximum Gasteiger partial charge on any atom is -0.0324 e. The Morgan fingerprint density at radius 1 is 0.655 bits per heavy atom. The van der Waals surface area contributed by atoms with Crippen LogP contribution in [-0.4, -0.2) is 0 Å². The average molecular weight is 403 g/mol. The zero-order chi connectivity index (χ0) is 21.0. The van der Waals surface area contributed by atoms with Gasteiger partial charge in [-0.1, -0.05) is 92.9 Å². The third kappa shape index (κ3) is 5.83. The molecule has 170 valence electrons. The van der Waals surface area contributed by atoms with E-state index >= 15 is 0 Å². The minimum atomic E-state index is 0.955. The SMILES string of the molecule is CC1CC(C)C(C)C(C)C1.CCCCC1C(C)CC2CCCC2C1C1CCCC1. The molecule has 0 aromatic heterocycles. The third-order valence-electron chi connectivity index (χ3n) is 10.3. The lowest BCUT2D eigenvalue weighted by atomic mass is 9.58. The Morgan fingerprint density at radius 2 is 1.28 bits per heavy atom. The molecule has 7 unspecified atom stereocenters. The Hall–Kier alpha value is 0. The van der Waals surface area contributed by atoms with Crippen LogP contribution >= 0.6 is 0 Å². The lowest BCUT2D eigenvalue weighted by molar-refractivity contribution is 0.0160. The van der Waals surface area contributed by atoms with Gasteiger partial charge in [-0.05, 0) is 91.3 Å². The normalized spacial score (nSPS) is 45.5. The molecule has 0 aliphatic heterocycles. The molecule has 0 heterocycles. The Morgan fingerprint density at radius 3 is 1.90 bits per heavy atom. The van der Waals surface area contributed by atoms with Crippen LogP contribution in [0.25, 0.3) is 0 Å². The predicted molar refractivity (Wildman–Crippen MR) is 129 cm³/mol. The molecule has 0 aromatic carbocycles. The van der Waals surface area contributed by atoms with Gasteiger partial charge in [0.1, 0.15) is 0 Å². The van der Waals surface area contributed by atoms with E-state index in [4.69, 9.17) is 0 Å². The van der Waals surface area contributed by atoms with Crippen molar-refractivity contribution >= 4 is 0 Å². The zero-order valence-corrected chi connectivity index (χ0v) is 21.0. The summed E-state index contributed by atoms with van der Waals surface area (Å²) in [6.07, 6.45) is 19.8. The highest BCUT2D eigenvalue weighted by Gasteiger charge is 2.47. The number of fused-ring (bicyclic) bond motifs is 1. The Kier molecular flexibility index (Phi) is 9.01. The van der Waals surface area contributed by atoms with Crippen molar-refractivity contribution in [3.05, 3.63) is 0 Å². The Bertz CT molecular complexity index is 449. The summed E-state index contributed by atoms with van der Waals surface area (Å²) in [4.78, 5) is 0. The van der Waals surface area contributed by atoms with Crippen molar-refractivity contribution in [2.45, 2.75) is 125 Å². The van der Waals surface area contributed by atoms with E-state index in [1.807, 2.05) is 0 Å². The summed E-state index contributed by atoms with van der Waals surface area (Å²) in [5.74, 6) is 10.5. The van der Waals surface area contributed by atoms with E-state index < -0.39 is 0 Å². The first-order chi connectivity index (χ1) is 13.9. The largest absolute Gasteiger partial charge is 0.0654 e. The molecule has 0 nitrogen and oxygen atoms in total. The molecule has 4 saturated carbocycles. The van der Waals surface area contributed by atoms with E-state index in [2.05, 4.69) is 41.5 Å². The maximum atomic E-state index is 2.59. The fourth-order valence-corrected chi connectivity index (χ4v) is 8.53. The van der Waals surface area contributed by atoms with Gasteiger partial charge in [0.05, 0.1) is 0 Å². The van der Waals surface area contributed by atoms with Crippen molar-refractivity contribution in [2.24, 2.45) is 59.2 Å². The summed E-state index contributed by atoms with van der Waals surface area (Å²) in [7, 11) is 0. The monoisotopic (exact) mass is 402 g/mol. The van der Waals surface area contributed by atoms with Gasteiger partial charge < -0.3 is 0 Å². The van der Waals surface area contributed by atoms with Gasteiger partial charge in [-0.15, -0.1) is 0 Å². The summed E-state index contributed by atoms with van der Waals surface area (Å²) in [5, 5.41) is 0. The molecule has 0 radical (unpaired) electrons. The molecular formula is C29H54. The quantitative estimate of drug-likeness (QED) is 0.439. The van der Waals surface area contributed by atoms with E-state index in [9.17, 15) is 0 Å². The van der Waals surface area contributed by atoms with Gasteiger partial charge in [-0.3, -0.25) is 0 Å². The molecule has 4 aliphatic carbocycles. The molecular weight excluding hydrogens is 348 g/mol. The molecule has 7 atom stereocenters. The van der Waals surface area contributed by atoms with Crippen molar-refractivity contribution in [1.29, 1.82) is 0 Å². The Balaban J connectivity index is 0.000000204. The third-order valence-corrected chi connectivity index (χ3v) is 10.3. The number of hydrogen-bond donors (Lipinski definition) is 0. The molecule has 0 aromatic rings. The van der Waals surface area contributed by atoms with Gasteiger partial charge in [0, 0.05) is 0 Å². The number of unbranched alkanes of at least 4 members (excludes halogenated alkanes) is 1. The van der Waals surface area contributed by atoms with E-state index in [0.717, 1.165) is 59.2 Å². The van der Waals surface area contributed by atoms with Crippen molar-refractivity contribution < 1.29 is 0 Å². The highest BCUT2D eigenvalue weighted by molar-refractivity contribution is 4.97. The molecule has 4 rings (SSSR count).